The van der Waals surface area contributed by atoms with Crippen LogP contribution < -0.4 is 5.32 Å². The minimum absolute atomic E-state index is 0.0212. The highest BCUT2D eigenvalue weighted by Crippen LogP contribution is 2.67. The van der Waals surface area contributed by atoms with Crippen LogP contribution in [0.2, 0.25) is 0 Å². The average Bonchev–Trinajstić information content (AvgIpc) is 3.32. The van der Waals surface area contributed by atoms with Gasteiger partial charge in [0.25, 0.3) is 0 Å². The Morgan fingerprint density at radius 1 is 1.22 bits per heavy atom. The number of rotatable bonds is 6. The van der Waals surface area contributed by atoms with Crippen LogP contribution in [-0.4, -0.2) is 70.9 Å². The number of aromatic nitrogens is 2. The van der Waals surface area contributed by atoms with Gasteiger partial charge in [0, 0.05) is 30.5 Å². The fourth-order valence-electron chi connectivity index (χ4n) is 6.43. The van der Waals surface area contributed by atoms with Gasteiger partial charge < -0.3 is 19.4 Å². The second-order valence-corrected chi connectivity index (χ2v) is 10.4. The van der Waals surface area contributed by atoms with E-state index in [1.807, 2.05) is 0 Å². The summed E-state index contributed by atoms with van der Waals surface area (Å²) in [4.78, 5) is 15.1. The molecule has 2 saturated heterocycles. The Morgan fingerprint density at radius 2 is 1.97 bits per heavy atom. The maximum absolute atomic E-state index is 12.8. The predicted molar refractivity (Wildman–Crippen MR) is 102 cm³/mol. The second-order valence-electron chi connectivity index (χ2n) is 10.4. The number of hydrogen-bond donors (Lipinski definition) is 1. The maximum atomic E-state index is 12.8. The van der Waals surface area contributed by atoms with Crippen molar-refractivity contribution in [2.75, 3.05) is 19.6 Å². The molecule has 8 nitrogen and oxygen atoms in total. The molecule has 6 aliphatic rings. The maximum Gasteiger partial charge on any atom is 0.522 e. The van der Waals surface area contributed by atoms with Crippen LogP contribution >= 0.6 is 0 Å². The van der Waals surface area contributed by atoms with Gasteiger partial charge in [0.1, 0.15) is 6.10 Å². The first-order valence-electron chi connectivity index (χ1n) is 11.4. The molecule has 2 bridgehead atoms. The number of carbonyl (C=O) groups excluding carboxylic acids is 1. The molecule has 4 saturated carbocycles. The molecule has 176 valence electrons. The number of hydrogen-bond acceptors (Lipinski definition) is 7. The number of fused-ring (bicyclic) bond motifs is 1. The highest BCUT2D eigenvalue weighted by Gasteiger charge is 2.72. The van der Waals surface area contributed by atoms with Crippen molar-refractivity contribution in [2.45, 2.75) is 87.0 Å². The summed E-state index contributed by atoms with van der Waals surface area (Å²) < 4.78 is 52.7. The Morgan fingerprint density at radius 3 is 2.62 bits per heavy atom. The first kappa shape index (κ1) is 20.9. The van der Waals surface area contributed by atoms with E-state index in [-0.39, 0.29) is 47.8 Å². The second kappa shape index (κ2) is 6.89. The largest absolute Gasteiger partial charge is 0.522 e. The summed E-state index contributed by atoms with van der Waals surface area (Å²) in [6.07, 6.45) is -2.17. The van der Waals surface area contributed by atoms with Crippen molar-refractivity contribution >= 4 is 5.91 Å². The number of amides is 1. The van der Waals surface area contributed by atoms with Crippen LogP contribution in [-0.2, 0) is 19.7 Å². The minimum Gasteiger partial charge on any atom is -0.424 e. The van der Waals surface area contributed by atoms with Gasteiger partial charge >= 0.3 is 6.36 Å². The van der Waals surface area contributed by atoms with Crippen molar-refractivity contribution in [3.05, 3.63) is 11.8 Å². The molecule has 6 fully saturated rings. The average molecular weight is 456 g/mol. The molecule has 7 rings (SSSR count). The quantitative estimate of drug-likeness (QED) is 0.702. The van der Waals surface area contributed by atoms with Crippen LogP contribution in [0.25, 0.3) is 0 Å². The van der Waals surface area contributed by atoms with Crippen molar-refractivity contribution in [1.82, 2.24) is 20.4 Å². The predicted octanol–water partition coefficient (Wildman–Crippen LogP) is 2.25. The van der Waals surface area contributed by atoms with Crippen LogP contribution in [0.5, 0.6) is 0 Å². The molecule has 3 heterocycles. The first-order valence-corrected chi connectivity index (χ1v) is 11.4. The van der Waals surface area contributed by atoms with Crippen molar-refractivity contribution in [3.8, 4) is 0 Å². The Balaban J connectivity index is 0.987. The lowest BCUT2D eigenvalue weighted by Gasteiger charge is -2.68. The number of nitrogens with zero attached hydrogens (tertiary/aromatic N) is 3. The van der Waals surface area contributed by atoms with Crippen LogP contribution in [0, 0.1) is 5.92 Å². The number of ether oxygens (including phenoxy) is 2. The van der Waals surface area contributed by atoms with Crippen molar-refractivity contribution in [3.63, 3.8) is 0 Å². The van der Waals surface area contributed by atoms with Crippen LogP contribution in [0.15, 0.2) is 4.42 Å². The third-order valence-corrected chi connectivity index (χ3v) is 8.11. The summed E-state index contributed by atoms with van der Waals surface area (Å²) in [6.45, 7) is 5.06. The molecule has 0 spiro atoms. The Bertz CT molecular complexity index is 881. The summed E-state index contributed by atoms with van der Waals surface area (Å²) in [6, 6.07) is 0. The third kappa shape index (κ3) is 3.35. The molecule has 0 radical (unpaired) electrons. The normalized spacial score (nSPS) is 42.7. The first-order chi connectivity index (χ1) is 15.2. The Labute approximate surface area is 183 Å². The number of halogens is 3. The molecule has 2 aliphatic heterocycles. The zero-order chi connectivity index (χ0) is 22.3. The van der Waals surface area contributed by atoms with Crippen LogP contribution in [0.1, 0.15) is 63.1 Å². The van der Waals surface area contributed by atoms with Crippen molar-refractivity contribution < 1.29 is 31.9 Å². The van der Waals surface area contributed by atoms with Gasteiger partial charge in [0.2, 0.25) is 17.7 Å². The Kier molecular flexibility index (Phi) is 4.49. The molecule has 0 aromatic carbocycles. The van der Waals surface area contributed by atoms with E-state index in [0.717, 1.165) is 45.3 Å². The van der Waals surface area contributed by atoms with Crippen molar-refractivity contribution in [2.24, 2.45) is 5.92 Å². The van der Waals surface area contributed by atoms with Gasteiger partial charge in [-0.2, -0.15) is 0 Å². The zero-order valence-corrected chi connectivity index (χ0v) is 17.9. The van der Waals surface area contributed by atoms with Gasteiger partial charge in [-0.15, -0.1) is 23.4 Å². The van der Waals surface area contributed by atoms with E-state index >= 15 is 0 Å². The lowest BCUT2D eigenvalue weighted by Crippen LogP contribution is -2.77. The standard InChI is InChI=1S/C21H27F3N4O4/c1-2-28-6-12-5-14(30-15(12)7-28)16(29)25-20-8-19(9-20,10-20)18-27-26-17(31-18)11-3-13(4-11)32-21(22,23)24/h11-15H,2-10H2,1H3,(H,25,29)/t11?,12-,13?,14-,15+,19?,20?/m1/s1. The molecule has 11 heteroatoms. The fourth-order valence-corrected chi connectivity index (χ4v) is 6.43. The van der Waals surface area contributed by atoms with E-state index < -0.39 is 12.5 Å². The smallest absolute Gasteiger partial charge is 0.424 e. The number of nitrogens with one attached hydrogen (secondary N) is 1. The van der Waals surface area contributed by atoms with E-state index in [1.54, 1.807) is 0 Å². The lowest BCUT2D eigenvalue weighted by atomic mass is 9.39. The minimum atomic E-state index is -4.61. The zero-order valence-electron chi connectivity index (χ0n) is 17.9. The monoisotopic (exact) mass is 456 g/mol. The van der Waals surface area contributed by atoms with Crippen LogP contribution in [0.4, 0.5) is 13.2 Å². The van der Waals surface area contributed by atoms with Gasteiger partial charge in [-0.3, -0.25) is 9.53 Å². The highest BCUT2D eigenvalue weighted by atomic mass is 19.4. The number of likely N-dealkylation sites (N-methyl/N-ethyl adjacent to an activating group) is 1. The van der Waals surface area contributed by atoms with E-state index in [0.29, 0.717) is 17.7 Å². The van der Waals surface area contributed by atoms with Crippen LogP contribution in [0.3, 0.4) is 0 Å². The Hall–Kier alpha value is -1.72. The molecule has 1 aromatic heterocycles. The molecule has 4 aliphatic carbocycles. The van der Waals surface area contributed by atoms with Gasteiger partial charge in [-0.05, 0) is 45.1 Å². The molecular formula is C21H27F3N4O4. The van der Waals surface area contributed by atoms with E-state index in [4.69, 9.17) is 9.15 Å². The number of alkyl halides is 3. The van der Waals surface area contributed by atoms with E-state index in [2.05, 4.69) is 32.1 Å². The molecule has 1 amide bonds. The molecule has 0 unspecified atom stereocenters. The molecular weight excluding hydrogens is 429 g/mol. The lowest BCUT2D eigenvalue weighted by molar-refractivity contribution is -0.352. The fraction of sp³-hybridized carbons (Fsp3) is 0.857. The molecule has 3 atom stereocenters. The SMILES string of the molecule is CCN1C[C@H]2C[C@H](C(=O)NC34CC(c5nnc(C6CC(OC(F)(F)F)C6)o5)(C3)C4)O[C@H]2C1. The number of likely N-dealkylation sites (tertiary alicyclic amines) is 1. The van der Waals surface area contributed by atoms with Gasteiger partial charge in [-0.1, -0.05) is 6.92 Å². The third-order valence-electron chi connectivity index (χ3n) is 8.11. The topological polar surface area (TPSA) is 89.7 Å². The molecule has 32 heavy (non-hydrogen) atoms. The molecule has 1 aromatic rings. The highest BCUT2D eigenvalue weighted by molar-refractivity contribution is 5.82. The summed E-state index contributed by atoms with van der Waals surface area (Å²) in [7, 11) is 0. The summed E-state index contributed by atoms with van der Waals surface area (Å²) >= 11 is 0. The van der Waals surface area contributed by atoms with E-state index in [9.17, 15) is 18.0 Å². The van der Waals surface area contributed by atoms with Crippen molar-refractivity contribution in [1.29, 1.82) is 0 Å². The summed E-state index contributed by atoms with van der Waals surface area (Å²) in [5.74, 6) is 1.15. The summed E-state index contributed by atoms with van der Waals surface area (Å²) in [5.41, 5.74) is -0.427. The van der Waals surface area contributed by atoms with Gasteiger partial charge in [-0.25, -0.2) is 0 Å². The van der Waals surface area contributed by atoms with Gasteiger partial charge in [0.05, 0.1) is 17.6 Å². The summed E-state index contributed by atoms with van der Waals surface area (Å²) in [5, 5.41) is 11.4. The van der Waals surface area contributed by atoms with E-state index in [1.165, 1.54) is 0 Å². The molecule has 1 N–H and O–H groups in total. The number of carbonyl (C=O) groups is 1. The van der Waals surface area contributed by atoms with Gasteiger partial charge in [0.15, 0.2) is 0 Å².